The molecule has 0 heterocycles. The molecule has 0 bridgehead atoms. The summed E-state index contributed by atoms with van der Waals surface area (Å²) in [7, 11) is 0. The first-order valence-corrected chi connectivity index (χ1v) is 5.65. The molecule has 0 saturated heterocycles. The first kappa shape index (κ1) is 14.0. The predicted molar refractivity (Wildman–Crippen MR) is 64.1 cm³/mol. The van der Waals surface area contributed by atoms with E-state index in [9.17, 15) is 9.90 Å². The molecule has 0 aliphatic heterocycles. The molecular weight excluding hydrogens is 234 g/mol. The summed E-state index contributed by atoms with van der Waals surface area (Å²) in [5.74, 6) is -0.155. The molecule has 0 radical (unpaired) electrons. The standard InChI is InChI=1S/C13H15NO4/c1-3-17-12-6-5-9(11(15)8-14)7-10(12)13(16)18-4-2/h5-7,11,15H,3-4H2,1-2H3. The maximum absolute atomic E-state index is 11.7. The van der Waals surface area contributed by atoms with Gasteiger partial charge in [-0.3, -0.25) is 0 Å². The van der Waals surface area contributed by atoms with Crippen molar-refractivity contribution in [3.05, 3.63) is 29.3 Å². The third kappa shape index (κ3) is 3.22. The molecule has 5 heteroatoms. The van der Waals surface area contributed by atoms with E-state index < -0.39 is 12.1 Å². The molecule has 1 aromatic rings. The van der Waals surface area contributed by atoms with Gasteiger partial charge in [0.15, 0.2) is 6.10 Å². The molecule has 1 N–H and O–H groups in total. The zero-order valence-electron chi connectivity index (χ0n) is 10.3. The maximum Gasteiger partial charge on any atom is 0.341 e. The highest BCUT2D eigenvalue weighted by Gasteiger charge is 2.17. The number of ether oxygens (including phenoxy) is 2. The number of carbonyl (C=O) groups is 1. The Morgan fingerprint density at radius 1 is 1.44 bits per heavy atom. The molecule has 0 fully saturated rings. The topological polar surface area (TPSA) is 79.5 Å². The number of aliphatic hydroxyl groups is 1. The molecule has 96 valence electrons. The van der Waals surface area contributed by atoms with Crippen LogP contribution in [-0.4, -0.2) is 24.3 Å². The summed E-state index contributed by atoms with van der Waals surface area (Å²) in [5.41, 5.74) is 0.550. The van der Waals surface area contributed by atoms with Crippen molar-refractivity contribution in [2.75, 3.05) is 13.2 Å². The van der Waals surface area contributed by atoms with Crippen LogP contribution in [0.5, 0.6) is 5.75 Å². The molecule has 1 unspecified atom stereocenters. The van der Waals surface area contributed by atoms with E-state index in [-0.39, 0.29) is 12.2 Å². The molecule has 0 aliphatic rings. The predicted octanol–water partition coefficient (Wildman–Crippen LogP) is 1.82. The summed E-state index contributed by atoms with van der Waals surface area (Å²) in [5, 5.41) is 18.1. The van der Waals surface area contributed by atoms with Crippen LogP contribution < -0.4 is 4.74 Å². The molecule has 0 saturated carbocycles. The lowest BCUT2D eigenvalue weighted by Crippen LogP contribution is -2.09. The van der Waals surface area contributed by atoms with E-state index in [4.69, 9.17) is 14.7 Å². The Bertz CT molecular complexity index is 465. The van der Waals surface area contributed by atoms with Crippen LogP contribution in [0, 0.1) is 11.3 Å². The van der Waals surface area contributed by atoms with Crippen molar-refractivity contribution in [2.24, 2.45) is 0 Å². The van der Waals surface area contributed by atoms with Gasteiger partial charge in [-0.25, -0.2) is 4.79 Å². The van der Waals surface area contributed by atoms with Gasteiger partial charge in [-0.1, -0.05) is 6.07 Å². The largest absolute Gasteiger partial charge is 0.493 e. The van der Waals surface area contributed by atoms with Crippen molar-refractivity contribution in [3.8, 4) is 11.8 Å². The van der Waals surface area contributed by atoms with Gasteiger partial charge in [0.2, 0.25) is 0 Å². The Labute approximate surface area is 106 Å². The van der Waals surface area contributed by atoms with E-state index >= 15 is 0 Å². The highest BCUT2D eigenvalue weighted by Crippen LogP contribution is 2.24. The quantitative estimate of drug-likeness (QED) is 0.636. The van der Waals surface area contributed by atoms with E-state index in [1.54, 1.807) is 32.0 Å². The Morgan fingerprint density at radius 3 is 2.72 bits per heavy atom. The lowest BCUT2D eigenvalue weighted by atomic mass is 10.1. The van der Waals surface area contributed by atoms with Gasteiger partial charge in [0.1, 0.15) is 11.3 Å². The Morgan fingerprint density at radius 2 is 2.17 bits per heavy atom. The summed E-state index contributed by atoms with van der Waals surface area (Å²) in [4.78, 5) is 11.7. The van der Waals surface area contributed by atoms with Crippen LogP contribution >= 0.6 is 0 Å². The molecule has 1 atom stereocenters. The van der Waals surface area contributed by atoms with Crippen LogP contribution in [0.2, 0.25) is 0 Å². The monoisotopic (exact) mass is 249 g/mol. The minimum Gasteiger partial charge on any atom is -0.493 e. The smallest absolute Gasteiger partial charge is 0.341 e. The van der Waals surface area contributed by atoms with Crippen LogP contribution in [0.25, 0.3) is 0 Å². The molecule has 5 nitrogen and oxygen atoms in total. The van der Waals surface area contributed by atoms with Crippen molar-refractivity contribution in [2.45, 2.75) is 20.0 Å². The third-order valence-electron chi connectivity index (χ3n) is 2.24. The number of nitrogens with zero attached hydrogens (tertiary/aromatic N) is 1. The second kappa shape index (κ2) is 6.62. The summed E-state index contributed by atoms with van der Waals surface area (Å²) in [6.07, 6.45) is -1.27. The fraction of sp³-hybridized carbons (Fsp3) is 0.385. The molecular formula is C13H15NO4. The minimum atomic E-state index is -1.27. The average molecular weight is 249 g/mol. The molecule has 0 aromatic heterocycles. The zero-order valence-corrected chi connectivity index (χ0v) is 10.3. The second-order valence-electron chi connectivity index (χ2n) is 3.44. The number of carbonyl (C=O) groups excluding carboxylic acids is 1. The number of rotatable bonds is 5. The average Bonchev–Trinajstić information content (AvgIpc) is 2.39. The highest BCUT2D eigenvalue weighted by molar-refractivity contribution is 5.92. The third-order valence-corrected chi connectivity index (χ3v) is 2.24. The van der Waals surface area contributed by atoms with E-state index in [1.165, 1.54) is 6.07 Å². The second-order valence-corrected chi connectivity index (χ2v) is 3.44. The van der Waals surface area contributed by atoms with Gasteiger partial charge in [-0.05, 0) is 31.5 Å². The summed E-state index contributed by atoms with van der Waals surface area (Å²) in [6.45, 7) is 4.15. The van der Waals surface area contributed by atoms with Crippen LogP contribution in [0.3, 0.4) is 0 Å². The van der Waals surface area contributed by atoms with Crippen molar-refractivity contribution in [1.29, 1.82) is 5.26 Å². The zero-order chi connectivity index (χ0) is 13.5. The lowest BCUT2D eigenvalue weighted by molar-refractivity contribution is 0.0521. The fourth-order valence-electron chi connectivity index (χ4n) is 1.44. The van der Waals surface area contributed by atoms with Crippen LogP contribution in [0.1, 0.15) is 35.9 Å². The van der Waals surface area contributed by atoms with Crippen LogP contribution in [0.4, 0.5) is 0 Å². The van der Waals surface area contributed by atoms with Crippen molar-refractivity contribution in [1.82, 2.24) is 0 Å². The number of esters is 1. The van der Waals surface area contributed by atoms with Gasteiger partial charge in [0.05, 0.1) is 19.3 Å². The molecule has 18 heavy (non-hydrogen) atoms. The number of hydrogen-bond acceptors (Lipinski definition) is 5. The number of hydrogen-bond donors (Lipinski definition) is 1. The lowest BCUT2D eigenvalue weighted by Gasteiger charge is -2.11. The Hall–Kier alpha value is -2.06. The molecule has 0 spiro atoms. The van der Waals surface area contributed by atoms with E-state index in [1.807, 2.05) is 0 Å². The van der Waals surface area contributed by atoms with Crippen molar-refractivity contribution < 1.29 is 19.4 Å². The number of benzene rings is 1. The van der Waals surface area contributed by atoms with Crippen LogP contribution in [-0.2, 0) is 4.74 Å². The minimum absolute atomic E-state index is 0.213. The van der Waals surface area contributed by atoms with E-state index in [2.05, 4.69) is 0 Å². The Balaban J connectivity index is 3.15. The van der Waals surface area contributed by atoms with Gasteiger partial charge in [0.25, 0.3) is 0 Å². The summed E-state index contributed by atoms with van der Waals surface area (Å²) >= 11 is 0. The fourth-order valence-corrected chi connectivity index (χ4v) is 1.44. The van der Waals surface area contributed by atoms with Crippen molar-refractivity contribution in [3.63, 3.8) is 0 Å². The molecule has 1 rings (SSSR count). The van der Waals surface area contributed by atoms with Gasteiger partial charge in [-0.15, -0.1) is 0 Å². The SMILES string of the molecule is CCOC(=O)c1cc(C(O)C#N)ccc1OCC. The van der Waals surface area contributed by atoms with Crippen molar-refractivity contribution >= 4 is 5.97 Å². The van der Waals surface area contributed by atoms with Gasteiger partial charge < -0.3 is 14.6 Å². The summed E-state index contributed by atoms with van der Waals surface area (Å²) < 4.78 is 10.2. The molecule has 0 aliphatic carbocycles. The highest BCUT2D eigenvalue weighted by atomic mass is 16.5. The Kier molecular flexibility index (Phi) is 5.15. The van der Waals surface area contributed by atoms with Crippen LogP contribution in [0.15, 0.2) is 18.2 Å². The number of nitriles is 1. The van der Waals surface area contributed by atoms with Gasteiger partial charge in [-0.2, -0.15) is 5.26 Å². The first-order chi connectivity index (χ1) is 8.63. The molecule has 0 amide bonds. The van der Waals surface area contributed by atoms with Gasteiger partial charge in [0, 0.05) is 0 Å². The normalized spacial score (nSPS) is 11.4. The van der Waals surface area contributed by atoms with E-state index in [0.717, 1.165) is 0 Å². The molecule has 1 aromatic carbocycles. The first-order valence-electron chi connectivity index (χ1n) is 5.65. The maximum atomic E-state index is 11.7. The summed E-state index contributed by atoms with van der Waals surface area (Å²) in [6, 6.07) is 6.20. The van der Waals surface area contributed by atoms with E-state index in [0.29, 0.717) is 17.9 Å². The van der Waals surface area contributed by atoms with Gasteiger partial charge >= 0.3 is 5.97 Å². The number of aliphatic hydroxyl groups excluding tert-OH is 1.